The Labute approximate surface area is 141 Å². The average molecular weight is 337 g/mol. The molecule has 0 radical (unpaired) electrons. The van der Waals surface area contributed by atoms with Gasteiger partial charge in [0.25, 0.3) is 0 Å². The number of hydrogen-bond acceptors (Lipinski definition) is 3. The van der Waals surface area contributed by atoms with Crippen LogP contribution in [0.5, 0.6) is 5.75 Å². The molecule has 1 fully saturated rings. The standard InChI is InChI=1S/C18H24FNO4/c19-14-6-8-15(9-7-14)24-12-4-5-16(21)20-13-18(17(22)23)10-2-1-3-11-18/h6-9H,1-5,10-13H2,(H,20,21)(H,22,23). The number of hydrogen-bond donors (Lipinski definition) is 2. The Balaban J connectivity index is 1.67. The first-order valence-corrected chi connectivity index (χ1v) is 8.40. The minimum Gasteiger partial charge on any atom is -0.494 e. The largest absolute Gasteiger partial charge is 0.494 e. The summed E-state index contributed by atoms with van der Waals surface area (Å²) in [6, 6.07) is 5.71. The van der Waals surface area contributed by atoms with Gasteiger partial charge in [-0.1, -0.05) is 19.3 Å². The Morgan fingerprint density at radius 3 is 2.46 bits per heavy atom. The Kier molecular flexibility index (Phi) is 6.58. The number of aliphatic carboxylic acids is 1. The molecule has 0 bridgehead atoms. The molecule has 1 saturated carbocycles. The van der Waals surface area contributed by atoms with E-state index in [-0.39, 0.29) is 24.7 Å². The molecule has 0 heterocycles. The summed E-state index contributed by atoms with van der Waals surface area (Å²) in [5, 5.41) is 12.2. The van der Waals surface area contributed by atoms with E-state index in [0.717, 1.165) is 19.3 Å². The fraction of sp³-hybridized carbons (Fsp3) is 0.556. The smallest absolute Gasteiger partial charge is 0.311 e. The molecular weight excluding hydrogens is 313 g/mol. The number of rotatable bonds is 8. The topological polar surface area (TPSA) is 75.6 Å². The van der Waals surface area contributed by atoms with E-state index in [9.17, 15) is 19.1 Å². The van der Waals surface area contributed by atoms with Crippen molar-refractivity contribution in [2.24, 2.45) is 5.41 Å². The minimum absolute atomic E-state index is 0.163. The Hall–Kier alpha value is -2.11. The first-order valence-electron chi connectivity index (χ1n) is 8.40. The van der Waals surface area contributed by atoms with Crippen LogP contribution in [0.1, 0.15) is 44.9 Å². The summed E-state index contributed by atoms with van der Waals surface area (Å²) >= 11 is 0. The predicted octanol–water partition coefficient (Wildman–Crippen LogP) is 3.14. The van der Waals surface area contributed by atoms with Crippen LogP contribution in [0.25, 0.3) is 0 Å². The van der Waals surface area contributed by atoms with Gasteiger partial charge in [0.15, 0.2) is 0 Å². The molecule has 2 N–H and O–H groups in total. The first kappa shape index (κ1) is 18.2. The molecule has 2 rings (SSSR count). The van der Waals surface area contributed by atoms with Gasteiger partial charge in [-0.15, -0.1) is 0 Å². The molecule has 1 aromatic carbocycles. The van der Waals surface area contributed by atoms with Crippen molar-refractivity contribution in [2.75, 3.05) is 13.2 Å². The Bertz CT molecular complexity index is 553. The number of nitrogens with one attached hydrogen (secondary N) is 1. The fourth-order valence-electron chi connectivity index (χ4n) is 3.00. The maximum absolute atomic E-state index is 12.8. The van der Waals surface area contributed by atoms with E-state index >= 15 is 0 Å². The maximum Gasteiger partial charge on any atom is 0.311 e. The van der Waals surface area contributed by atoms with Crippen molar-refractivity contribution in [1.29, 1.82) is 0 Å². The van der Waals surface area contributed by atoms with Crippen LogP contribution in [-0.2, 0) is 9.59 Å². The zero-order valence-corrected chi connectivity index (χ0v) is 13.7. The van der Waals surface area contributed by atoms with Gasteiger partial charge in [0, 0.05) is 13.0 Å². The maximum atomic E-state index is 12.8. The minimum atomic E-state index is -0.817. The van der Waals surface area contributed by atoms with Gasteiger partial charge in [-0.25, -0.2) is 4.39 Å². The van der Waals surface area contributed by atoms with Crippen LogP contribution in [0.4, 0.5) is 4.39 Å². The highest BCUT2D eigenvalue weighted by Gasteiger charge is 2.39. The third kappa shape index (κ3) is 5.22. The molecule has 1 aliphatic carbocycles. The van der Waals surface area contributed by atoms with E-state index in [1.165, 1.54) is 24.3 Å². The Morgan fingerprint density at radius 1 is 1.17 bits per heavy atom. The van der Waals surface area contributed by atoms with Crippen molar-refractivity contribution < 1.29 is 23.8 Å². The highest BCUT2D eigenvalue weighted by molar-refractivity contribution is 5.79. The second-order valence-corrected chi connectivity index (χ2v) is 6.33. The number of ether oxygens (including phenoxy) is 1. The van der Waals surface area contributed by atoms with Crippen LogP contribution in [0.15, 0.2) is 24.3 Å². The summed E-state index contributed by atoms with van der Waals surface area (Å²) in [5.74, 6) is -0.744. The monoisotopic (exact) mass is 337 g/mol. The van der Waals surface area contributed by atoms with Gasteiger partial charge in [0.2, 0.25) is 5.91 Å². The van der Waals surface area contributed by atoms with E-state index in [2.05, 4.69) is 5.32 Å². The Morgan fingerprint density at radius 2 is 1.83 bits per heavy atom. The van der Waals surface area contributed by atoms with Gasteiger partial charge in [-0.05, 0) is 43.5 Å². The van der Waals surface area contributed by atoms with Gasteiger partial charge in [0.05, 0.1) is 12.0 Å². The number of carbonyl (C=O) groups is 2. The number of carboxylic acid groups (broad SMARTS) is 1. The summed E-state index contributed by atoms with van der Waals surface area (Å²) in [4.78, 5) is 23.4. The molecule has 6 heteroatoms. The molecule has 132 valence electrons. The van der Waals surface area contributed by atoms with Gasteiger partial charge in [0.1, 0.15) is 11.6 Å². The van der Waals surface area contributed by atoms with Gasteiger partial charge >= 0.3 is 5.97 Å². The van der Waals surface area contributed by atoms with Crippen LogP contribution in [0, 0.1) is 11.2 Å². The van der Waals surface area contributed by atoms with Crippen molar-refractivity contribution in [1.82, 2.24) is 5.32 Å². The molecule has 0 unspecified atom stereocenters. The lowest BCUT2D eigenvalue weighted by molar-refractivity contribution is -0.151. The SMILES string of the molecule is O=C(CCCOc1ccc(F)cc1)NCC1(C(=O)O)CCCCC1. The summed E-state index contributed by atoms with van der Waals surface area (Å²) in [6.07, 6.45) is 4.89. The van der Waals surface area contributed by atoms with E-state index < -0.39 is 11.4 Å². The molecule has 0 aromatic heterocycles. The molecule has 0 saturated heterocycles. The molecule has 24 heavy (non-hydrogen) atoms. The summed E-state index contributed by atoms with van der Waals surface area (Å²) in [5.41, 5.74) is -0.807. The second-order valence-electron chi connectivity index (χ2n) is 6.33. The summed E-state index contributed by atoms with van der Waals surface area (Å²) < 4.78 is 18.2. The van der Waals surface area contributed by atoms with E-state index in [0.29, 0.717) is 31.6 Å². The normalized spacial score (nSPS) is 16.4. The van der Waals surface area contributed by atoms with E-state index in [1.54, 1.807) is 0 Å². The van der Waals surface area contributed by atoms with Crippen LogP contribution in [0.3, 0.4) is 0 Å². The number of benzene rings is 1. The quantitative estimate of drug-likeness (QED) is 0.715. The van der Waals surface area contributed by atoms with E-state index in [1.807, 2.05) is 0 Å². The number of amides is 1. The van der Waals surface area contributed by atoms with Crippen LogP contribution < -0.4 is 10.1 Å². The van der Waals surface area contributed by atoms with Crippen LogP contribution in [-0.4, -0.2) is 30.1 Å². The highest BCUT2D eigenvalue weighted by Crippen LogP contribution is 2.36. The first-order chi connectivity index (χ1) is 11.5. The van der Waals surface area contributed by atoms with Crippen molar-refractivity contribution in [2.45, 2.75) is 44.9 Å². The third-order valence-corrected chi connectivity index (χ3v) is 4.52. The lowest BCUT2D eigenvalue weighted by Crippen LogP contribution is -2.44. The molecule has 1 aromatic rings. The van der Waals surface area contributed by atoms with Crippen molar-refractivity contribution in [3.63, 3.8) is 0 Å². The number of carbonyl (C=O) groups excluding carboxylic acids is 1. The summed E-state index contributed by atoms with van der Waals surface area (Å²) in [7, 11) is 0. The number of carboxylic acids is 1. The van der Waals surface area contributed by atoms with Crippen molar-refractivity contribution in [3.8, 4) is 5.75 Å². The third-order valence-electron chi connectivity index (χ3n) is 4.52. The van der Waals surface area contributed by atoms with Crippen LogP contribution in [0.2, 0.25) is 0 Å². The zero-order valence-electron chi connectivity index (χ0n) is 13.7. The molecule has 0 atom stereocenters. The molecule has 5 nitrogen and oxygen atoms in total. The molecule has 0 spiro atoms. The average Bonchev–Trinajstić information content (AvgIpc) is 2.59. The van der Waals surface area contributed by atoms with Crippen molar-refractivity contribution >= 4 is 11.9 Å². The lowest BCUT2D eigenvalue weighted by Gasteiger charge is -2.33. The van der Waals surface area contributed by atoms with E-state index in [4.69, 9.17) is 4.74 Å². The van der Waals surface area contributed by atoms with Crippen molar-refractivity contribution in [3.05, 3.63) is 30.1 Å². The molecule has 1 aliphatic rings. The van der Waals surface area contributed by atoms with Gasteiger partial charge < -0.3 is 15.2 Å². The molecular formula is C18H24FNO4. The second kappa shape index (κ2) is 8.66. The van der Waals surface area contributed by atoms with Crippen LogP contribution >= 0.6 is 0 Å². The highest BCUT2D eigenvalue weighted by atomic mass is 19.1. The van der Waals surface area contributed by atoms with Gasteiger partial charge in [-0.3, -0.25) is 9.59 Å². The molecule has 0 aliphatic heterocycles. The zero-order chi connectivity index (χ0) is 17.4. The summed E-state index contributed by atoms with van der Waals surface area (Å²) in [6.45, 7) is 0.545. The number of halogens is 1. The predicted molar refractivity (Wildman–Crippen MR) is 87.3 cm³/mol. The molecule has 1 amide bonds. The lowest BCUT2D eigenvalue weighted by atomic mass is 9.74. The van der Waals surface area contributed by atoms with Gasteiger partial charge in [-0.2, -0.15) is 0 Å². The fourth-order valence-corrected chi connectivity index (χ4v) is 3.00.